The van der Waals surface area contributed by atoms with Crippen molar-refractivity contribution in [1.82, 2.24) is 15.4 Å². The Morgan fingerprint density at radius 3 is 2.63 bits per heavy atom. The van der Waals surface area contributed by atoms with Gasteiger partial charge in [0.25, 0.3) is 0 Å². The zero-order valence-electron chi connectivity index (χ0n) is 15.3. The molecular formula is C21H13F3N4OS. The van der Waals surface area contributed by atoms with E-state index in [1.807, 2.05) is 41.8 Å². The zero-order valence-corrected chi connectivity index (χ0v) is 16.1. The van der Waals surface area contributed by atoms with E-state index in [9.17, 15) is 13.2 Å². The molecular weight excluding hydrogens is 413 g/mol. The monoisotopic (exact) mass is 426 g/mol. The molecule has 0 saturated carbocycles. The second kappa shape index (κ2) is 8.00. The summed E-state index contributed by atoms with van der Waals surface area (Å²) in [5.74, 6) is 0.0210. The highest BCUT2D eigenvalue weighted by atomic mass is 32.1. The molecule has 0 radical (unpaired) electrons. The molecule has 30 heavy (non-hydrogen) atoms. The molecule has 2 aromatic heterocycles. The van der Waals surface area contributed by atoms with Crippen molar-refractivity contribution in [2.75, 3.05) is 0 Å². The highest BCUT2D eigenvalue weighted by Crippen LogP contribution is 2.36. The van der Waals surface area contributed by atoms with Crippen molar-refractivity contribution in [3.63, 3.8) is 0 Å². The first kappa shape index (κ1) is 19.7. The van der Waals surface area contributed by atoms with Crippen molar-refractivity contribution >= 4 is 11.3 Å². The summed E-state index contributed by atoms with van der Waals surface area (Å²) in [7, 11) is 0. The van der Waals surface area contributed by atoms with Gasteiger partial charge in [0.15, 0.2) is 5.69 Å². The molecule has 9 heteroatoms. The number of rotatable bonds is 5. The van der Waals surface area contributed by atoms with E-state index in [1.54, 1.807) is 17.4 Å². The number of halogens is 3. The molecule has 2 aromatic carbocycles. The molecule has 0 unspecified atom stereocenters. The Labute approximate surface area is 173 Å². The SMILES string of the molecule is N#Cc1n[nH]nc1-c1cc(OCc2ccccc2-c2cccs2)cc(C(F)(F)F)c1. The van der Waals surface area contributed by atoms with E-state index in [2.05, 4.69) is 15.4 Å². The van der Waals surface area contributed by atoms with Crippen molar-refractivity contribution in [2.45, 2.75) is 12.8 Å². The summed E-state index contributed by atoms with van der Waals surface area (Å²) in [6, 6.07) is 16.5. The zero-order chi connectivity index (χ0) is 21.1. The fourth-order valence-electron chi connectivity index (χ4n) is 2.97. The van der Waals surface area contributed by atoms with E-state index >= 15 is 0 Å². The Bertz CT molecular complexity index is 1210. The van der Waals surface area contributed by atoms with Gasteiger partial charge in [-0.05, 0) is 40.8 Å². The van der Waals surface area contributed by atoms with Crippen LogP contribution in [0.4, 0.5) is 13.2 Å². The van der Waals surface area contributed by atoms with Crippen LogP contribution in [-0.2, 0) is 12.8 Å². The van der Waals surface area contributed by atoms with E-state index in [-0.39, 0.29) is 29.3 Å². The lowest BCUT2D eigenvalue weighted by molar-refractivity contribution is -0.137. The molecule has 5 nitrogen and oxygen atoms in total. The van der Waals surface area contributed by atoms with Crippen LogP contribution in [0, 0.1) is 11.3 Å². The predicted molar refractivity (Wildman–Crippen MR) is 106 cm³/mol. The molecule has 0 fully saturated rings. The van der Waals surface area contributed by atoms with Crippen LogP contribution in [0.15, 0.2) is 60.0 Å². The van der Waals surface area contributed by atoms with Crippen LogP contribution >= 0.6 is 11.3 Å². The molecule has 0 aliphatic carbocycles. The first-order chi connectivity index (χ1) is 14.5. The van der Waals surface area contributed by atoms with E-state index in [0.717, 1.165) is 28.1 Å². The van der Waals surface area contributed by atoms with Gasteiger partial charge in [0.05, 0.1) is 5.56 Å². The molecule has 0 saturated heterocycles. The number of benzene rings is 2. The molecule has 4 aromatic rings. The highest BCUT2D eigenvalue weighted by Gasteiger charge is 2.32. The molecule has 0 amide bonds. The molecule has 1 N–H and O–H groups in total. The standard InChI is InChI=1S/C21H13F3N4OS/c22-21(23,24)15-8-14(20-18(11-25)26-28-27-20)9-16(10-15)29-12-13-4-1-2-5-17(13)19-6-3-7-30-19/h1-10H,12H2,(H,26,27,28). The summed E-state index contributed by atoms with van der Waals surface area (Å²) >= 11 is 1.57. The van der Waals surface area contributed by atoms with E-state index in [0.29, 0.717) is 0 Å². The quantitative estimate of drug-likeness (QED) is 0.446. The van der Waals surface area contributed by atoms with Crippen LogP contribution in [0.5, 0.6) is 5.75 Å². The Morgan fingerprint density at radius 2 is 1.90 bits per heavy atom. The Balaban J connectivity index is 1.69. The number of nitriles is 1. The fraction of sp³-hybridized carbons (Fsp3) is 0.0952. The van der Waals surface area contributed by atoms with E-state index in [4.69, 9.17) is 10.00 Å². The summed E-state index contributed by atoms with van der Waals surface area (Å²) in [5, 5.41) is 20.8. The molecule has 0 bridgehead atoms. The number of aromatic nitrogens is 3. The van der Waals surface area contributed by atoms with Gasteiger partial charge in [0, 0.05) is 10.4 Å². The highest BCUT2D eigenvalue weighted by molar-refractivity contribution is 7.13. The largest absolute Gasteiger partial charge is 0.489 e. The number of hydrogen-bond acceptors (Lipinski definition) is 5. The maximum Gasteiger partial charge on any atom is 0.416 e. The van der Waals surface area contributed by atoms with Gasteiger partial charge in [-0.15, -0.1) is 16.4 Å². The van der Waals surface area contributed by atoms with Crippen LogP contribution in [-0.4, -0.2) is 15.4 Å². The number of alkyl halides is 3. The van der Waals surface area contributed by atoms with E-state index in [1.165, 1.54) is 6.07 Å². The van der Waals surface area contributed by atoms with Gasteiger partial charge in [-0.1, -0.05) is 30.3 Å². The van der Waals surface area contributed by atoms with Crippen molar-refractivity contribution < 1.29 is 17.9 Å². The molecule has 0 aliphatic rings. The third kappa shape index (κ3) is 4.04. The maximum absolute atomic E-state index is 13.4. The van der Waals surface area contributed by atoms with Crippen LogP contribution in [0.1, 0.15) is 16.8 Å². The van der Waals surface area contributed by atoms with Gasteiger partial charge < -0.3 is 4.74 Å². The Hall–Kier alpha value is -3.64. The number of aromatic amines is 1. The van der Waals surface area contributed by atoms with Crippen LogP contribution in [0.25, 0.3) is 21.7 Å². The lowest BCUT2D eigenvalue weighted by Gasteiger charge is -2.14. The number of hydrogen-bond donors (Lipinski definition) is 1. The third-order valence-corrected chi connectivity index (χ3v) is 5.26. The Morgan fingerprint density at radius 1 is 1.07 bits per heavy atom. The molecule has 0 aliphatic heterocycles. The van der Waals surface area contributed by atoms with Gasteiger partial charge in [0.2, 0.25) is 0 Å². The summed E-state index contributed by atoms with van der Waals surface area (Å²) in [5.41, 5.74) is 0.946. The Kier molecular flexibility index (Phi) is 5.25. The van der Waals surface area contributed by atoms with Gasteiger partial charge in [-0.3, -0.25) is 0 Å². The van der Waals surface area contributed by atoms with Crippen molar-refractivity contribution in [3.05, 3.63) is 76.8 Å². The normalized spacial score (nSPS) is 11.3. The molecule has 0 atom stereocenters. The number of thiophene rings is 1. The molecule has 150 valence electrons. The van der Waals surface area contributed by atoms with Crippen molar-refractivity contribution in [2.24, 2.45) is 0 Å². The van der Waals surface area contributed by atoms with Crippen LogP contribution in [0.2, 0.25) is 0 Å². The maximum atomic E-state index is 13.4. The van der Waals surface area contributed by atoms with Crippen molar-refractivity contribution in [1.29, 1.82) is 5.26 Å². The number of nitrogens with zero attached hydrogens (tertiary/aromatic N) is 3. The van der Waals surface area contributed by atoms with Crippen molar-refractivity contribution in [3.8, 4) is 33.5 Å². The number of H-pyrrole nitrogens is 1. The minimum Gasteiger partial charge on any atom is -0.489 e. The number of nitrogens with one attached hydrogen (secondary N) is 1. The summed E-state index contributed by atoms with van der Waals surface area (Å²) in [6.45, 7) is 0.0821. The molecule has 0 spiro atoms. The third-order valence-electron chi connectivity index (χ3n) is 4.36. The minimum absolute atomic E-state index is 0.0210. The average Bonchev–Trinajstić information content (AvgIpc) is 3.43. The van der Waals surface area contributed by atoms with Crippen LogP contribution < -0.4 is 4.74 Å². The topological polar surface area (TPSA) is 74.6 Å². The van der Waals surface area contributed by atoms with E-state index < -0.39 is 11.7 Å². The summed E-state index contributed by atoms with van der Waals surface area (Å²) in [4.78, 5) is 1.04. The lowest BCUT2D eigenvalue weighted by Crippen LogP contribution is -2.06. The fourth-order valence-corrected chi connectivity index (χ4v) is 3.76. The lowest BCUT2D eigenvalue weighted by atomic mass is 10.1. The summed E-state index contributed by atoms with van der Waals surface area (Å²) < 4.78 is 46.0. The molecule has 2 heterocycles. The molecule has 4 rings (SSSR count). The number of ether oxygens (including phenoxy) is 1. The smallest absolute Gasteiger partial charge is 0.416 e. The van der Waals surface area contributed by atoms with Gasteiger partial charge in [-0.2, -0.15) is 28.7 Å². The van der Waals surface area contributed by atoms with Crippen LogP contribution in [0.3, 0.4) is 0 Å². The second-order valence-corrected chi connectivity index (χ2v) is 7.25. The average molecular weight is 426 g/mol. The predicted octanol–water partition coefficient (Wildman–Crippen LogP) is 5.67. The summed E-state index contributed by atoms with van der Waals surface area (Å²) in [6.07, 6.45) is -4.58. The first-order valence-electron chi connectivity index (χ1n) is 8.74. The first-order valence-corrected chi connectivity index (χ1v) is 9.62. The van der Waals surface area contributed by atoms with Gasteiger partial charge >= 0.3 is 6.18 Å². The second-order valence-electron chi connectivity index (χ2n) is 6.30. The minimum atomic E-state index is -4.58. The van der Waals surface area contributed by atoms with Gasteiger partial charge in [-0.25, -0.2) is 0 Å². The van der Waals surface area contributed by atoms with Gasteiger partial charge in [0.1, 0.15) is 24.1 Å².